The summed E-state index contributed by atoms with van der Waals surface area (Å²) in [6, 6.07) is 12.7. The van der Waals surface area contributed by atoms with E-state index in [-0.39, 0.29) is 12.2 Å². The molecule has 0 aliphatic carbocycles. The minimum atomic E-state index is -0.502. The number of esters is 1. The molecule has 2 aromatic carbocycles. The lowest BCUT2D eigenvalue weighted by Gasteiger charge is -2.13. The third-order valence-electron chi connectivity index (χ3n) is 4.77. The van der Waals surface area contributed by atoms with Crippen LogP contribution in [-0.2, 0) is 20.9 Å². The monoisotopic (exact) mass is 394 g/mol. The number of methoxy groups -OCH3 is 2. The van der Waals surface area contributed by atoms with Gasteiger partial charge in [0.1, 0.15) is 23.5 Å². The maximum atomic E-state index is 12.1. The highest BCUT2D eigenvalue weighted by Gasteiger charge is 2.17. The predicted octanol–water partition coefficient (Wildman–Crippen LogP) is 4.15. The van der Waals surface area contributed by atoms with Crippen molar-refractivity contribution in [1.29, 1.82) is 0 Å². The van der Waals surface area contributed by atoms with Gasteiger partial charge in [0.15, 0.2) is 0 Å². The van der Waals surface area contributed by atoms with Gasteiger partial charge in [-0.05, 0) is 42.7 Å². The molecule has 0 atom stereocenters. The van der Waals surface area contributed by atoms with Crippen molar-refractivity contribution in [1.82, 2.24) is 0 Å². The van der Waals surface area contributed by atoms with Gasteiger partial charge in [-0.1, -0.05) is 24.3 Å². The average Bonchev–Trinajstić information content (AvgIpc) is 2.74. The predicted molar refractivity (Wildman–Crippen MR) is 110 cm³/mol. The molecule has 0 bridgehead atoms. The van der Waals surface area contributed by atoms with Crippen LogP contribution in [0.2, 0.25) is 0 Å². The average molecular weight is 394 g/mol. The number of hydrogen-bond donors (Lipinski definition) is 0. The lowest BCUT2D eigenvalue weighted by molar-refractivity contribution is -0.133. The second-order valence-electron chi connectivity index (χ2n) is 6.50. The summed E-state index contributed by atoms with van der Waals surface area (Å²) in [6.07, 6.45) is 1.35. The van der Waals surface area contributed by atoms with E-state index < -0.39 is 5.97 Å². The fourth-order valence-electron chi connectivity index (χ4n) is 3.04. The van der Waals surface area contributed by atoms with Crippen LogP contribution in [0, 0.1) is 13.8 Å². The Bertz CT molecular complexity index is 1140. The number of carbonyl (C=O) groups is 1. The Balaban J connectivity index is 1.91. The highest BCUT2D eigenvalue weighted by Crippen LogP contribution is 2.26. The summed E-state index contributed by atoms with van der Waals surface area (Å²) in [5, 5.41) is 0.867. The summed E-state index contributed by atoms with van der Waals surface area (Å²) in [5.41, 5.74) is 3.33. The fourth-order valence-corrected chi connectivity index (χ4v) is 3.04. The summed E-state index contributed by atoms with van der Waals surface area (Å²) >= 11 is 0. The van der Waals surface area contributed by atoms with Crippen LogP contribution in [0.25, 0.3) is 16.5 Å². The van der Waals surface area contributed by atoms with Crippen molar-refractivity contribution in [3.63, 3.8) is 0 Å². The van der Waals surface area contributed by atoms with Crippen molar-refractivity contribution in [2.24, 2.45) is 0 Å². The van der Waals surface area contributed by atoms with Crippen LogP contribution in [0.3, 0.4) is 0 Å². The molecule has 0 spiro atoms. The second kappa shape index (κ2) is 8.65. The molecule has 0 aliphatic heterocycles. The van der Waals surface area contributed by atoms with Crippen molar-refractivity contribution in [3.8, 4) is 5.75 Å². The molecule has 1 aromatic heterocycles. The lowest BCUT2D eigenvalue weighted by atomic mass is 10.0. The van der Waals surface area contributed by atoms with Gasteiger partial charge in [0.05, 0.1) is 20.5 Å². The zero-order valence-corrected chi connectivity index (χ0v) is 16.8. The zero-order valence-electron chi connectivity index (χ0n) is 16.8. The van der Waals surface area contributed by atoms with Gasteiger partial charge in [-0.3, -0.25) is 0 Å². The maximum absolute atomic E-state index is 12.1. The van der Waals surface area contributed by atoms with Gasteiger partial charge in [-0.15, -0.1) is 0 Å². The molecule has 6 nitrogen and oxygen atoms in total. The van der Waals surface area contributed by atoms with E-state index in [0.717, 1.165) is 16.5 Å². The maximum Gasteiger partial charge on any atom is 0.341 e. The smallest absolute Gasteiger partial charge is 0.341 e. The Morgan fingerprint density at radius 2 is 1.83 bits per heavy atom. The first-order chi connectivity index (χ1) is 14.0. The van der Waals surface area contributed by atoms with Crippen LogP contribution >= 0.6 is 0 Å². The quantitative estimate of drug-likeness (QED) is 0.271. The summed E-state index contributed by atoms with van der Waals surface area (Å²) < 4.78 is 21.2. The first kappa shape index (κ1) is 20.2. The van der Waals surface area contributed by atoms with Crippen molar-refractivity contribution in [2.75, 3.05) is 14.2 Å². The van der Waals surface area contributed by atoms with Gasteiger partial charge in [-0.25, -0.2) is 9.59 Å². The molecule has 0 fully saturated rings. The van der Waals surface area contributed by atoms with Crippen LogP contribution in [0.15, 0.2) is 57.9 Å². The normalized spacial score (nSPS) is 11.4. The molecule has 0 aliphatic rings. The minimum absolute atomic E-state index is 0.203. The molecule has 3 rings (SSSR count). The summed E-state index contributed by atoms with van der Waals surface area (Å²) in [5.74, 6) is 0.0478. The van der Waals surface area contributed by atoms with E-state index in [2.05, 4.69) is 0 Å². The second-order valence-corrected chi connectivity index (χ2v) is 6.50. The molecule has 6 heteroatoms. The van der Waals surface area contributed by atoms with Gasteiger partial charge in [0.25, 0.3) is 0 Å². The number of aryl methyl sites for hydroxylation is 1. The Kier molecular flexibility index (Phi) is 6.02. The number of benzene rings is 2. The van der Waals surface area contributed by atoms with E-state index in [0.29, 0.717) is 28.0 Å². The van der Waals surface area contributed by atoms with Crippen LogP contribution in [0.4, 0.5) is 0 Å². The highest BCUT2D eigenvalue weighted by atomic mass is 16.5. The molecule has 0 N–H and O–H groups in total. The summed E-state index contributed by atoms with van der Waals surface area (Å²) in [4.78, 5) is 24.1. The van der Waals surface area contributed by atoms with Crippen LogP contribution in [0.1, 0.15) is 22.3 Å². The molecule has 0 unspecified atom stereocenters. The van der Waals surface area contributed by atoms with Gasteiger partial charge in [0, 0.05) is 17.0 Å². The molecule has 1 heterocycles. The Morgan fingerprint density at radius 3 is 2.55 bits per heavy atom. The van der Waals surface area contributed by atoms with Crippen molar-refractivity contribution in [2.45, 2.75) is 20.5 Å². The Morgan fingerprint density at radius 1 is 1.07 bits per heavy atom. The molecule has 0 radical (unpaired) electrons. The third-order valence-corrected chi connectivity index (χ3v) is 4.77. The van der Waals surface area contributed by atoms with Crippen molar-refractivity contribution >= 4 is 22.5 Å². The molecular formula is C23H22O6. The SMILES string of the molecule is CO/C=C(\C(=O)OC)c1ccccc1COc1ccc2c(C)c(C)c(=O)oc2c1. The van der Waals surface area contributed by atoms with Gasteiger partial charge < -0.3 is 18.6 Å². The summed E-state index contributed by atoms with van der Waals surface area (Å²) in [7, 11) is 2.78. The molecule has 29 heavy (non-hydrogen) atoms. The number of rotatable bonds is 6. The van der Waals surface area contributed by atoms with E-state index in [1.165, 1.54) is 20.5 Å². The van der Waals surface area contributed by atoms with E-state index in [4.69, 9.17) is 18.6 Å². The first-order valence-electron chi connectivity index (χ1n) is 9.02. The van der Waals surface area contributed by atoms with E-state index >= 15 is 0 Å². The Hall–Kier alpha value is -3.54. The number of hydrogen-bond acceptors (Lipinski definition) is 6. The van der Waals surface area contributed by atoms with Crippen molar-refractivity contribution in [3.05, 3.63) is 81.4 Å². The molecule has 0 amide bonds. The Labute approximate surface area is 168 Å². The van der Waals surface area contributed by atoms with Crippen LogP contribution in [0.5, 0.6) is 5.75 Å². The number of ether oxygens (including phenoxy) is 3. The first-order valence-corrected chi connectivity index (χ1v) is 9.02. The highest BCUT2D eigenvalue weighted by molar-refractivity contribution is 6.16. The van der Waals surface area contributed by atoms with Crippen LogP contribution < -0.4 is 10.4 Å². The zero-order chi connectivity index (χ0) is 21.0. The largest absolute Gasteiger partial charge is 0.503 e. The minimum Gasteiger partial charge on any atom is -0.503 e. The molecule has 0 saturated carbocycles. The fraction of sp³-hybridized carbons (Fsp3) is 0.217. The third kappa shape index (κ3) is 4.16. The van der Waals surface area contributed by atoms with E-state index in [1.807, 2.05) is 37.3 Å². The van der Waals surface area contributed by atoms with Gasteiger partial charge in [-0.2, -0.15) is 0 Å². The van der Waals surface area contributed by atoms with Crippen molar-refractivity contribution < 1.29 is 23.4 Å². The molecule has 150 valence electrons. The summed E-state index contributed by atoms with van der Waals surface area (Å²) in [6.45, 7) is 3.84. The molecule has 0 saturated heterocycles. The topological polar surface area (TPSA) is 75.0 Å². The van der Waals surface area contributed by atoms with Gasteiger partial charge in [0.2, 0.25) is 0 Å². The number of carbonyl (C=O) groups excluding carboxylic acids is 1. The van der Waals surface area contributed by atoms with E-state index in [9.17, 15) is 9.59 Å². The molecular weight excluding hydrogens is 372 g/mol. The number of fused-ring (bicyclic) bond motifs is 1. The lowest BCUT2D eigenvalue weighted by Crippen LogP contribution is -2.08. The van der Waals surface area contributed by atoms with Crippen LogP contribution in [-0.4, -0.2) is 20.2 Å². The molecule has 3 aromatic rings. The van der Waals surface area contributed by atoms with Gasteiger partial charge >= 0.3 is 11.6 Å². The van der Waals surface area contributed by atoms with E-state index in [1.54, 1.807) is 19.1 Å². The standard InChI is InChI=1S/C23H22O6/c1-14-15(2)22(24)29-21-11-17(9-10-18(14)21)28-12-16-7-5-6-8-19(16)20(13-26-3)23(25)27-4/h5-11,13H,12H2,1-4H3/b20-13-.